The average molecular weight is 420 g/mol. The van der Waals surface area contributed by atoms with E-state index in [4.69, 9.17) is 9.15 Å². The molecule has 1 amide bonds. The minimum absolute atomic E-state index is 0.0470. The van der Waals surface area contributed by atoms with Crippen molar-refractivity contribution in [2.75, 3.05) is 25.5 Å². The number of hydrogen-bond acceptors (Lipinski definition) is 7. The smallest absolute Gasteiger partial charge is 0.291 e. The van der Waals surface area contributed by atoms with Crippen molar-refractivity contribution in [2.24, 2.45) is 5.92 Å². The monoisotopic (exact) mass is 420 g/mol. The molecule has 1 unspecified atom stereocenters. The highest BCUT2D eigenvalue weighted by Crippen LogP contribution is 2.33. The molecule has 0 spiro atoms. The summed E-state index contributed by atoms with van der Waals surface area (Å²) >= 11 is 0. The first kappa shape index (κ1) is 19.7. The summed E-state index contributed by atoms with van der Waals surface area (Å²) in [6, 6.07) is 4.84. The zero-order valence-electron chi connectivity index (χ0n) is 16.6. The fourth-order valence-electron chi connectivity index (χ4n) is 3.93. The Morgan fingerprint density at radius 3 is 2.62 bits per heavy atom. The maximum Gasteiger partial charge on any atom is 0.291 e. The molecule has 1 saturated heterocycles. The molecule has 0 aliphatic carbocycles. The summed E-state index contributed by atoms with van der Waals surface area (Å²) in [7, 11) is -2.07. The van der Waals surface area contributed by atoms with Crippen LogP contribution in [0.1, 0.15) is 35.0 Å². The summed E-state index contributed by atoms with van der Waals surface area (Å²) < 4.78 is 38.7. The van der Waals surface area contributed by atoms with Crippen molar-refractivity contribution in [3.63, 3.8) is 0 Å². The van der Waals surface area contributed by atoms with Crippen molar-refractivity contribution in [3.8, 4) is 5.75 Å². The number of ether oxygens (including phenoxy) is 1. The zero-order chi connectivity index (χ0) is 20.8. The molecule has 2 aromatic rings. The first-order chi connectivity index (χ1) is 13.8. The highest BCUT2D eigenvalue weighted by Gasteiger charge is 2.36. The first-order valence-corrected chi connectivity index (χ1v) is 11.0. The number of sulfonamides is 1. The number of nitrogens with one attached hydrogen (secondary N) is 2. The predicted molar refractivity (Wildman–Crippen MR) is 105 cm³/mol. The van der Waals surface area contributed by atoms with Crippen molar-refractivity contribution in [1.82, 2.24) is 14.6 Å². The molecular weight excluding hydrogens is 396 g/mol. The van der Waals surface area contributed by atoms with Crippen molar-refractivity contribution in [3.05, 3.63) is 35.5 Å². The number of aromatic nitrogens is 1. The number of amides is 1. The number of anilines is 1. The lowest BCUT2D eigenvalue weighted by atomic mass is 9.93. The molecule has 156 valence electrons. The summed E-state index contributed by atoms with van der Waals surface area (Å²) in [6.07, 6.45) is 0.889. The third kappa shape index (κ3) is 3.69. The number of carbonyl (C=O) groups is 1. The number of piperidine rings is 1. The van der Waals surface area contributed by atoms with Gasteiger partial charge in [-0.05, 0) is 37.8 Å². The molecule has 0 bridgehead atoms. The summed E-state index contributed by atoms with van der Waals surface area (Å²) in [4.78, 5) is 18.8. The summed E-state index contributed by atoms with van der Waals surface area (Å²) in [5, 5.41) is 3.28. The molecule has 3 heterocycles. The van der Waals surface area contributed by atoms with E-state index in [1.807, 2.05) is 0 Å². The minimum atomic E-state index is -3.61. The van der Waals surface area contributed by atoms with Crippen LogP contribution in [-0.2, 0) is 10.0 Å². The molecule has 1 aromatic heterocycles. The highest BCUT2D eigenvalue weighted by molar-refractivity contribution is 7.89. The van der Waals surface area contributed by atoms with Crippen molar-refractivity contribution in [1.29, 1.82) is 0 Å². The van der Waals surface area contributed by atoms with Crippen LogP contribution >= 0.6 is 0 Å². The highest BCUT2D eigenvalue weighted by atomic mass is 32.2. The van der Waals surface area contributed by atoms with Crippen molar-refractivity contribution < 1.29 is 22.4 Å². The number of likely N-dealkylation sites (tertiary alicyclic amines) is 1. The van der Waals surface area contributed by atoms with E-state index < -0.39 is 16.2 Å². The second kappa shape index (κ2) is 7.34. The molecule has 9 nitrogen and oxygen atoms in total. The number of oxazole rings is 1. The Labute approximate surface area is 169 Å². The van der Waals surface area contributed by atoms with E-state index in [1.54, 1.807) is 38.0 Å². The van der Waals surface area contributed by atoms with Crippen LogP contribution in [0.3, 0.4) is 0 Å². The van der Waals surface area contributed by atoms with Crippen LogP contribution < -0.4 is 14.8 Å². The Morgan fingerprint density at radius 1 is 1.28 bits per heavy atom. The molecule has 4 rings (SSSR count). The Hall–Kier alpha value is -2.59. The van der Waals surface area contributed by atoms with E-state index in [0.29, 0.717) is 49.0 Å². The summed E-state index contributed by atoms with van der Waals surface area (Å²) in [6.45, 7) is 4.51. The Balaban J connectivity index is 1.46. The number of aryl methyl sites for hydroxylation is 2. The first-order valence-electron chi connectivity index (χ1n) is 9.48. The van der Waals surface area contributed by atoms with Crippen LogP contribution in [0, 0.1) is 19.8 Å². The lowest BCUT2D eigenvalue weighted by Crippen LogP contribution is -2.52. The molecule has 1 aromatic carbocycles. The lowest BCUT2D eigenvalue weighted by molar-refractivity contribution is 0.0645. The van der Waals surface area contributed by atoms with Crippen LogP contribution in [0.5, 0.6) is 5.75 Å². The average Bonchev–Trinajstić information content (AvgIpc) is 3.04. The Kier molecular flexibility index (Phi) is 4.99. The van der Waals surface area contributed by atoms with Crippen LogP contribution in [0.25, 0.3) is 0 Å². The van der Waals surface area contributed by atoms with E-state index in [2.05, 4.69) is 15.0 Å². The third-order valence-corrected chi connectivity index (χ3v) is 6.96. The largest absolute Gasteiger partial charge is 0.497 e. The van der Waals surface area contributed by atoms with Gasteiger partial charge in [-0.2, -0.15) is 4.72 Å². The molecule has 2 aliphatic rings. The molecule has 10 heteroatoms. The van der Waals surface area contributed by atoms with Gasteiger partial charge in [-0.3, -0.25) is 4.79 Å². The molecule has 2 aliphatic heterocycles. The normalized spacial score (nSPS) is 21.3. The summed E-state index contributed by atoms with van der Waals surface area (Å²) in [5.74, 6) is 1.21. The predicted octanol–water partition coefficient (Wildman–Crippen LogP) is 1.88. The van der Waals surface area contributed by atoms with Crippen molar-refractivity contribution >= 4 is 21.6 Å². The van der Waals surface area contributed by atoms with Crippen LogP contribution in [0.15, 0.2) is 27.5 Å². The van der Waals surface area contributed by atoms with E-state index in [-0.39, 0.29) is 22.5 Å². The van der Waals surface area contributed by atoms with Gasteiger partial charge in [-0.1, -0.05) is 0 Å². The molecular formula is C19H24N4O5S. The Morgan fingerprint density at radius 2 is 2.00 bits per heavy atom. The number of fused-ring (bicyclic) bond motifs is 1. The van der Waals surface area contributed by atoms with Crippen LogP contribution in [0.4, 0.5) is 5.69 Å². The second-order valence-corrected chi connectivity index (χ2v) is 9.06. The van der Waals surface area contributed by atoms with Gasteiger partial charge in [0.2, 0.25) is 15.8 Å². The quantitative estimate of drug-likeness (QED) is 0.779. The summed E-state index contributed by atoms with van der Waals surface area (Å²) in [5.41, 5.74) is 1.11. The fourth-order valence-corrected chi connectivity index (χ4v) is 5.30. The van der Waals surface area contributed by atoms with Gasteiger partial charge >= 0.3 is 0 Å². The van der Waals surface area contributed by atoms with Gasteiger partial charge in [0.25, 0.3) is 5.91 Å². The molecule has 0 radical (unpaired) electrons. The minimum Gasteiger partial charge on any atom is -0.497 e. The molecule has 1 fully saturated rings. The maximum absolute atomic E-state index is 12.7. The van der Waals surface area contributed by atoms with Gasteiger partial charge < -0.3 is 19.4 Å². The van der Waals surface area contributed by atoms with Gasteiger partial charge in [0, 0.05) is 26.1 Å². The van der Waals surface area contributed by atoms with Gasteiger partial charge in [0.1, 0.15) is 10.6 Å². The number of hydrogen-bond donors (Lipinski definition) is 2. The van der Waals surface area contributed by atoms with Gasteiger partial charge in [-0.25, -0.2) is 13.4 Å². The van der Waals surface area contributed by atoms with Crippen molar-refractivity contribution in [2.45, 2.75) is 37.8 Å². The van der Waals surface area contributed by atoms with Gasteiger partial charge in [-0.15, -0.1) is 0 Å². The number of methoxy groups -OCH3 is 1. The number of nitrogens with zero attached hydrogens (tertiary/aromatic N) is 2. The molecule has 29 heavy (non-hydrogen) atoms. The van der Waals surface area contributed by atoms with Gasteiger partial charge in [0.15, 0.2) is 5.89 Å². The van der Waals surface area contributed by atoms with Gasteiger partial charge in [0.05, 0.1) is 24.7 Å². The maximum atomic E-state index is 12.7. The second-order valence-electron chi connectivity index (χ2n) is 7.38. The molecule has 2 N–H and O–H groups in total. The molecule has 0 saturated carbocycles. The van der Waals surface area contributed by atoms with Crippen LogP contribution in [-0.4, -0.2) is 50.6 Å². The molecule has 1 atom stereocenters. The van der Waals surface area contributed by atoms with E-state index in [0.717, 1.165) is 0 Å². The zero-order valence-corrected chi connectivity index (χ0v) is 17.4. The Bertz CT molecular complexity index is 1040. The standard InChI is InChI=1S/C19H24N4O5S/c1-11-17(28-12(2)20-11)19(24)23-8-6-13(7-9-23)18-21-15-10-14(27-3)4-5-16(15)29(25,26)22-18/h4-5,10,13,18,21-22H,6-9H2,1-3H3. The van der Waals surface area contributed by atoms with E-state index >= 15 is 0 Å². The third-order valence-electron chi connectivity index (χ3n) is 5.47. The fraction of sp³-hybridized carbons (Fsp3) is 0.474. The number of benzene rings is 1. The van der Waals surface area contributed by atoms with Crippen LogP contribution in [0.2, 0.25) is 0 Å². The van der Waals surface area contributed by atoms with E-state index in [9.17, 15) is 13.2 Å². The number of carbonyl (C=O) groups excluding carboxylic acids is 1. The lowest BCUT2D eigenvalue weighted by Gasteiger charge is -2.38. The topological polar surface area (TPSA) is 114 Å². The SMILES string of the molecule is COc1ccc2c(c1)NC(C1CCN(C(=O)c3oc(C)nc3C)CC1)NS2(=O)=O. The van der Waals surface area contributed by atoms with E-state index in [1.165, 1.54) is 6.07 Å². The number of rotatable bonds is 3.